The van der Waals surface area contributed by atoms with E-state index in [9.17, 15) is 28.1 Å². The lowest BCUT2D eigenvalue weighted by Gasteiger charge is -2.39. The average molecular weight is 937 g/mol. The van der Waals surface area contributed by atoms with Crippen LogP contribution >= 0.6 is 11.6 Å². The Balaban J connectivity index is 0.930. The molecule has 18 heteroatoms. The molecule has 0 radical (unpaired) electrons. The number of likely N-dealkylation sites (N-methyl/N-ethyl adjacent to an activating group) is 1. The zero-order chi connectivity index (χ0) is 46.3. The summed E-state index contributed by atoms with van der Waals surface area (Å²) in [6.07, 6.45) is 6.73. The van der Waals surface area contributed by atoms with Crippen LogP contribution in [-0.4, -0.2) is 122 Å². The van der Waals surface area contributed by atoms with Gasteiger partial charge in [-0.2, -0.15) is 0 Å². The predicted octanol–water partition coefficient (Wildman–Crippen LogP) is 7.32. The van der Waals surface area contributed by atoms with Crippen LogP contribution in [0.25, 0.3) is 16.6 Å². The van der Waals surface area contributed by atoms with Gasteiger partial charge in [0.05, 0.1) is 21.6 Å². The first-order valence-electron chi connectivity index (χ1n) is 22.4. The van der Waals surface area contributed by atoms with Crippen molar-refractivity contribution in [1.29, 1.82) is 0 Å². The lowest BCUT2D eigenvalue weighted by Crippen LogP contribution is -2.48. The highest BCUT2D eigenvalue weighted by atomic mass is 35.5. The van der Waals surface area contributed by atoms with E-state index in [1.165, 1.54) is 35.0 Å². The van der Waals surface area contributed by atoms with Crippen LogP contribution in [0.1, 0.15) is 61.0 Å². The number of benzene rings is 3. The number of hydrogen-bond donors (Lipinski definition) is 3. The van der Waals surface area contributed by atoms with Crippen LogP contribution in [0.15, 0.2) is 89.6 Å². The number of carbonyl (C=O) groups excluding carboxylic acids is 2. The molecule has 5 heterocycles. The summed E-state index contributed by atoms with van der Waals surface area (Å²) in [7, 11) is -2.65. The van der Waals surface area contributed by atoms with E-state index in [1.54, 1.807) is 29.3 Å². The van der Waals surface area contributed by atoms with Crippen molar-refractivity contribution in [3.05, 3.63) is 117 Å². The van der Waals surface area contributed by atoms with Gasteiger partial charge in [0.2, 0.25) is 5.91 Å². The molecule has 3 aromatic carbocycles. The summed E-state index contributed by atoms with van der Waals surface area (Å²) in [4.78, 5) is 54.5. The number of anilines is 2. The Morgan fingerprint density at radius 1 is 0.985 bits per heavy atom. The lowest BCUT2D eigenvalue weighted by atomic mass is 9.72. The molecule has 0 unspecified atom stereocenters. The highest BCUT2D eigenvalue weighted by molar-refractivity contribution is 7.90. The average Bonchev–Trinajstić information content (AvgIpc) is 3.93. The predicted molar refractivity (Wildman–Crippen MR) is 255 cm³/mol. The van der Waals surface area contributed by atoms with Crippen molar-refractivity contribution in [1.82, 2.24) is 29.4 Å². The van der Waals surface area contributed by atoms with Crippen LogP contribution in [0.4, 0.5) is 17.1 Å². The number of carbonyl (C=O) groups is 2. The van der Waals surface area contributed by atoms with Crippen molar-refractivity contribution in [3.8, 4) is 11.5 Å². The molecule has 0 spiro atoms. The van der Waals surface area contributed by atoms with Gasteiger partial charge in [0, 0.05) is 106 Å². The van der Waals surface area contributed by atoms with Crippen molar-refractivity contribution >= 4 is 67.1 Å². The molecular weight excluding hydrogens is 882 g/mol. The van der Waals surface area contributed by atoms with E-state index in [0.717, 1.165) is 74.1 Å². The molecule has 2 fully saturated rings. The summed E-state index contributed by atoms with van der Waals surface area (Å²) in [6.45, 7) is 11.3. The number of allylic oxidation sites excluding steroid dienone is 1. The summed E-state index contributed by atoms with van der Waals surface area (Å²) in [5.74, 6) is -0.607. The van der Waals surface area contributed by atoms with Gasteiger partial charge in [-0.3, -0.25) is 24.6 Å². The molecule has 2 amide bonds. The Hall–Kier alpha value is -6.01. The smallest absolute Gasteiger partial charge is 0.293 e. The second kappa shape index (κ2) is 18.3. The number of halogens is 1. The van der Waals surface area contributed by atoms with Gasteiger partial charge in [0.1, 0.15) is 22.8 Å². The number of aromatic nitrogens is 2. The molecule has 3 N–H and O–H groups in total. The quantitative estimate of drug-likeness (QED) is 0.0838. The van der Waals surface area contributed by atoms with Crippen molar-refractivity contribution in [2.45, 2.75) is 56.9 Å². The highest BCUT2D eigenvalue weighted by Gasteiger charge is 2.35. The fraction of sp³-hybridized carbons (Fsp3) is 0.396. The van der Waals surface area contributed by atoms with Crippen molar-refractivity contribution in [2.24, 2.45) is 5.41 Å². The summed E-state index contributed by atoms with van der Waals surface area (Å²) >= 11 is 6.25. The molecule has 346 valence electrons. The number of H-pyrrole nitrogens is 1. The minimum Gasteiger partial charge on any atom is -0.455 e. The SMILES string of the molecule is CN1CCN(C(=O)C[C@H]2Cc3cc(S(=O)(=O)NC(=O)c4ccc(N5CCN(CC6=C(c7ccc(Cl)cc7)CC(C)(C)CC6)CC5)cc4Oc4cnc5[nH]ccc5c4)cc([N+](=O)[O-])c3N2)CC1. The summed E-state index contributed by atoms with van der Waals surface area (Å²) in [6, 6.07) is 18.6. The molecule has 0 bridgehead atoms. The molecule has 5 aromatic rings. The second-order valence-electron chi connectivity index (χ2n) is 18.7. The normalized spacial score (nSPS) is 19.1. The maximum atomic E-state index is 14.1. The maximum Gasteiger partial charge on any atom is 0.293 e. The molecule has 1 aliphatic carbocycles. The minimum absolute atomic E-state index is 0.0585. The van der Waals surface area contributed by atoms with E-state index in [2.05, 4.69) is 60.7 Å². The van der Waals surface area contributed by atoms with Crippen LogP contribution in [0, 0.1) is 15.5 Å². The molecule has 66 heavy (non-hydrogen) atoms. The number of nitrogens with one attached hydrogen (secondary N) is 3. The first-order chi connectivity index (χ1) is 31.6. The standard InChI is InChI=1S/C48H54ClN9O7S/c1-48(2)12-10-33(41(28-48)31-4-6-35(49)7-5-31)30-55-16-20-56(21-17-55)37-8-9-40(43(26-37)65-38-23-32-11-13-50-46(32)51-29-38)47(60)53-66(63,64)39-24-34-22-36(52-45(34)42(27-39)58(61)62)25-44(59)57-18-14-54(3)15-19-57/h4-9,11,13,23-24,26-27,29,36,52H,10,12,14-22,25,28,30H2,1-3H3,(H,50,51)(H,53,60)/t36-/m1/s1. The van der Waals surface area contributed by atoms with Gasteiger partial charge in [0.15, 0.2) is 0 Å². The van der Waals surface area contributed by atoms with E-state index in [4.69, 9.17) is 16.3 Å². The third kappa shape index (κ3) is 9.89. The van der Waals surface area contributed by atoms with E-state index in [-0.39, 0.29) is 41.2 Å². The van der Waals surface area contributed by atoms with Gasteiger partial charge < -0.3 is 29.7 Å². The fourth-order valence-electron chi connectivity index (χ4n) is 9.54. The molecular formula is C48H54ClN9O7S. The third-order valence-electron chi connectivity index (χ3n) is 13.3. The van der Waals surface area contributed by atoms with Gasteiger partial charge in [-0.05, 0) is 97.3 Å². The first kappa shape index (κ1) is 45.2. The number of hydrogen-bond acceptors (Lipinski definition) is 12. The van der Waals surface area contributed by atoms with Crippen LogP contribution in [0.3, 0.4) is 0 Å². The van der Waals surface area contributed by atoms with E-state index in [1.807, 2.05) is 25.2 Å². The molecule has 2 saturated heterocycles. The molecule has 2 aromatic heterocycles. The molecule has 9 rings (SSSR count). The Morgan fingerprint density at radius 2 is 1.74 bits per heavy atom. The number of nitro benzene ring substituents is 1. The Morgan fingerprint density at radius 3 is 2.48 bits per heavy atom. The van der Waals surface area contributed by atoms with E-state index >= 15 is 0 Å². The van der Waals surface area contributed by atoms with Crippen LogP contribution < -0.4 is 19.7 Å². The number of pyridine rings is 1. The summed E-state index contributed by atoms with van der Waals surface area (Å²) in [5.41, 5.74) is 5.76. The second-order valence-corrected chi connectivity index (χ2v) is 20.8. The summed E-state index contributed by atoms with van der Waals surface area (Å²) < 4.78 is 36.5. The molecule has 0 saturated carbocycles. The molecule has 4 aliphatic rings. The number of nitro groups is 1. The monoisotopic (exact) mass is 935 g/mol. The number of piperazine rings is 2. The van der Waals surface area contributed by atoms with Crippen molar-refractivity contribution < 1.29 is 27.7 Å². The lowest BCUT2D eigenvalue weighted by molar-refractivity contribution is -0.384. The Labute approximate surface area is 389 Å². The minimum atomic E-state index is -4.65. The van der Waals surface area contributed by atoms with Crippen LogP contribution in [0.5, 0.6) is 11.5 Å². The van der Waals surface area contributed by atoms with Gasteiger partial charge in [-0.15, -0.1) is 0 Å². The number of nitrogens with zero attached hydrogens (tertiary/aromatic N) is 6. The molecule has 3 aliphatic heterocycles. The maximum absolute atomic E-state index is 14.1. The zero-order valence-corrected chi connectivity index (χ0v) is 38.9. The van der Waals surface area contributed by atoms with Gasteiger partial charge in [0.25, 0.3) is 21.6 Å². The van der Waals surface area contributed by atoms with Crippen LogP contribution in [0.2, 0.25) is 5.02 Å². The number of sulfonamides is 1. The number of rotatable bonds is 12. The Bertz CT molecular complexity index is 2830. The van der Waals surface area contributed by atoms with Crippen LogP contribution in [-0.2, 0) is 21.2 Å². The zero-order valence-electron chi connectivity index (χ0n) is 37.3. The van der Waals surface area contributed by atoms with Gasteiger partial charge >= 0.3 is 0 Å². The van der Waals surface area contributed by atoms with E-state index in [0.29, 0.717) is 43.1 Å². The topological polar surface area (TPSA) is 186 Å². The first-order valence-corrected chi connectivity index (χ1v) is 24.2. The van der Waals surface area contributed by atoms with Crippen molar-refractivity contribution in [2.75, 3.05) is 76.2 Å². The Kier molecular flexibility index (Phi) is 12.6. The number of amides is 2. The van der Waals surface area contributed by atoms with Gasteiger partial charge in [-0.25, -0.2) is 18.1 Å². The number of ether oxygens (including phenoxy) is 1. The van der Waals surface area contributed by atoms with E-state index < -0.39 is 37.5 Å². The largest absolute Gasteiger partial charge is 0.455 e. The molecule has 16 nitrogen and oxygen atoms in total. The highest BCUT2D eigenvalue weighted by Crippen LogP contribution is 2.44. The van der Waals surface area contributed by atoms with Crippen molar-refractivity contribution in [3.63, 3.8) is 0 Å². The third-order valence-corrected chi connectivity index (χ3v) is 14.9. The van der Waals surface area contributed by atoms with Gasteiger partial charge in [-0.1, -0.05) is 43.2 Å². The molecule has 1 atom stereocenters. The number of fused-ring (bicyclic) bond motifs is 2. The number of aromatic amines is 1. The summed E-state index contributed by atoms with van der Waals surface area (Å²) in [5, 5.41) is 16.9. The fourth-order valence-corrected chi connectivity index (χ4v) is 10.7.